The first-order valence-corrected chi connectivity index (χ1v) is 14.1. The van der Waals surface area contributed by atoms with Gasteiger partial charge in [-0.25, -0.2) is 4.79 Å². The summed E-state index contributed by atoms with van der Waals surface area (Å²) in [6.07, 6.45) is 13.1. The summed E-state index contributed by atoms with van der Waals surface area (Å²) in [5.74, 6) is 1.92. The fraction of sp³-hybridized carbons (Fsp3) is 0.793. The van der Waals surface area contributed by atoms with Crippen molar-refractivity contribution in [2.75, 3.05) is 6.54 Å². The highest BCUT2D eigenvalue weighted by atomic mass is 16.4. The third kappa shape index (κ3) is 3.57. The zero-order valence-electron chi connectivity index (χ0n) is 21.4. The van der Waals surface area contributed by atoms with Crippen LogP contribution < -0.4 is 16.3 Å². The highest BCUT2D eigenvalue weighted by Crippen LogP contribution is 2.70. The van der Waals surface area contributed by atoms with Gasteiger partial charge in [-0.05, 0) is 118 Å². The van der Waals surface area contributed by atoms with Crippen molar-refractivity contribution in [1.29, 1.82) is 0 Å². The molecule has 0 aromatic carbocycles. The number of carbonyl (C=O) groups excluding carboxylic acids is 1. The van der Waals surface area contributed by atoms with Gasteiger partial charge < -0.3 is 20.2 Å². The summed E-state index contributed by atoms with van der Waals surface area (Å²) in [6, 6.07) is 3.72. The average Bonchev–Trinajstić information content (AvgIpc) is 3.47. The summed E-state index contributed by atoms with van der Waals surface area (Å²) in [5.41, 5.74) is 0.147. The van der Waals surface area contributed by atoms with Gasteiger partial charge in [-0.2, -0.15) is 0 Å². The lowest BCUT2D eigenvalue weighted by Gasteiger charge is -2.63. The number of rotatable bonds is 3. The molecule has 0 radical (unpaired) electrons. The van der Waals surface area contributed by atoms with Crippen LogP contribution >= 0.6 is 0 Å². The Hall–Kier alpha value is -1.66. The van der Waals surface area contributed by atoms with E-state index < -0.39 is 5.60 Å². The second kappa shape index (κ2) is 8.44. The third-order valence-corrected chi connectivity index (χ3v) is 11.7. The van der Waals surface area contributed by atoms with E-state index in [9.17, 15) is 14.7 Å². The van der Waals surface area contributed by atoms with Gasteiger partial charge >= 0.3 is 5.63 Å². The molecule has 1 aliphatic heterocycles. The van der Waals surface area contributed by atoms with Crippen molar-refractivity contribution in [3.8, 4) is 0 Å². The van der Waals surface area contributed by atoms with Gasteiger partial charge in [-0.15, -0.1) is 0 Å². The number of amides is 1. The van der Waals surface area contributed by atoms with E-state index in [0.717, 1.165) is 82.7 Å². The molecule has 1 saturated heterocycles. The average molecular weight is 483 g/mol. The van der Waals surface area contributed by atoms with Gasteiger partial charge in [0.15, 0.2) is 0 Å². The summed E-state index contributed by atoms with van der Waals surface area (Å²) in [7, 11) is 0. The van der Waals surface area contributed by atoms with Gasteiger partial charge in [-0.3, -0.25) is 4.79 Å². The van der Waals surface area contributed by atoms with Crippen LogP contribution in [0.4, 0.5) is 0 Å². The van der Waals surface area contributed by atoms with E-state index in [1.54, 1.807) is 6.26 Å². The largest absolute Gasteiger partial charge is 0.431 e. The first-order chi connectivity index (χ1) is 16.7. The van der Waals surface area contributed by atoms with E-state index in [-0.39, 0.29) is 34.3 Å². The molecule has 5 aliphatic rings. The van der Waals surface area contributed by atoms with Crippen molar-refractivity contribution in [2.45, 2.75) is 108 Å². The molecular formula is C29H42N2O4. The van der Waals surface area contributed by atoms with Crippen molar-refractivity contribution in [1.82, 2.24) is 10.6 Å². The van der Waals surface area contributed by atoms with Crippen molar-refractivity contribution in [3.05, 3.63) is 34.4 Å². The molecule has 5 fully saturated rings. The number of hydrogen-bond donors (Lipinski definition) is 3. The number of aliphatic hydroxyl groups is 1. The molecule has 35 heavy (non-hydrogen) atoms. The summed E-state index contributed by atoms with van der Waals surface area (Å²) in [5, 5.41) is 19.1. The van der Waals surface area contributed by atoms with Crippen LogP contribution in [0.15, 0.2) is 27.6 Å². The highest BCUT2D eigenvalue weighted by molar-refractivity contribution is 5.82. The summed E-state index contributed by atoms with van der Waals surface area (Å²) in [6.45, 7) is 5.74. The molecule has 1 aromatic rings. The van der Waals surface area contributed by atoms with E-state index >= 15 is 0 Å². The predicted octanol–water partition coefficient (Wildman–Crippen LogP) is 4.12. The van der Waals surface area contributed by atoms with Gasteiger partial charge in [0.05, 0.1) is 17.9 Å². The van der Waals surface area contributed by atoms with E-state index in [2.05, 4.69) is 24.5 Å². The number of nitrogens with one attached hydrogen (secondary N) is 2. The zero-order chi connectivity index (χ0) is 24.4. The van der Waals surface area contributed by atoms with E-state index in [1.165, 1.54) is 6.07 Å². The Bertz CT molecular complexity index is 1010. The molecule has 0 bridgehead atoms. The molecule has 6 nitrogen and oxygen atoms in total. The SMILES string of the molecule is C[C@]12CCC(NC(=O)C3CCCN3)C[C@H]1CC[C@@H]1[C@@H]2CC[C@]2(C)[C@@H](c3ccc(=O)oc3)CC[C@]12O. The summed E-state index contributed by atoms with van der Waals surface area (Å²) in [4.78, 5) is 24.2. The topological polar surface area (TPSA) is 91.6 Å². The monoisotopic (exact) mass is 482 g/mol. The predicted molar refractivity (Wildman–Crippen MR) is 134 cm³/mol. The van der Waals surface area contributed by atoms with Crippen LogP contribution in [0, 0.1) is 28.6 Å². The van der Waals surface area contributed by atoms with E-state index in [0.29, 0.717) is 23.8 Å². The van der Waals surface area contributed by atoms with Crippen LogP contribution in [0.2, 0.25) is 0 Å². The lowest BCUT2D eigenvalue weighted by Crippen LogP contribution is -2.62. The molecule has 0 spiro atoms. The van der Waals surface area contributed by atoms with Crippen molar-refractivity contribution >= 4 is 5.91 Å². The van der Waals surface area contributed by atoms with Crippen LogP contribution in [0.3, 0.4) is 0 Å². The molecule has 1 aromatic heterocycles. The standard InChI is InChI=1S/C29H42N2O4/c1-27-12-9-20(31-26(33)24-4-3-15-30-24)16-19(27)6-7-23-22(27)10-13-28(2)21(11-14-29(23,28)34)18-5-8-25(32)35-17-18/h5,8,17,19-24,30,34H,3-4,6-7,9-16H2,1-2H3,(H,31,33)/t19-,20?,21-,22+,23-,24?,27+,28-,29+/m1/s1. The Morgan fingerprint density at radius 1 is 1.06 bits per heavy atom. The number of carbonyl (C=O) groups is 1. The summed E-state index contributed by atoms with van der Waals surface area (Å²) < 4.78 is 5.22. The maximum Gasteiger partial charge on any atom is 0.335 e. The third-order valence-electron chi connectivity index (χ3n) is 11.7. The minimum absolute atomic E-state index is 0.00253. The lowest BCUT2D eigenvalue weighted by molar-refractivity contribution is -0.202. The minimum atomic E-state index is -0.663. The number of fused-ring (bicyclic) bond motifs is 5. The first-order valence-electron chi connectivity index (χ1n) is 14.1. The summed E-state index contributed by atoms with van der Waals surface area (Å²) >= 11 is 0. The quantitative estimate of drug-likeness (QED) is 0.603. The Morgan fingerprint density at radius 2 is 1.91 bits per heavy atom. The Labute approximate surface area is 208 Å². The van der Waals surface area contributed by atoms with Gasteiger partial charge in [0.25, 0.3) is 0 Å². The molecular weight excluding hydrogens is 440 g/mol. The van der Waals surface area contributed by atoms with E-state index in [1.807, 2.05) is 6.07 Å². The van der Waals surface area contributed by atoms with Crippen LogP contribution in [0.5, 0.6) is 0 Å². The number of hydrogen-bond acceptors (Lipinski definition) is 5. The molecule has 1 amide bonds. The van der Waals surface area contributed by atoms with Gasteiger partial charge in [-0.1, -0.05) is 13.8 Å². The zero-order valence-corrected chi connectivity index (χ0v) is 21.4. The van der Waals surface area contributed by atoms with Gasteiger partial charge in [0.1, 0.15) is 0 Å². The minimum Gasteiger partial charge on any atom is -0.431 e. The Morgan fingerprint density at radius 3 is 2.66 bits per heavy atom. The van der Waals surface area contributed by atoms with Crippen LogP contribution in [-0.4, -0.2) is 35.2 Å². The highest BCUT2D eigenvalue weighted by Gasteiger charge is 2.67. The molecule has 2 unspecified atom stereocenters. The second-order valence-electron chi connectivity index (χ2n) is 13.0. The maximum atomic E-state index is 12.7. The van der Waals surface area contributed by atoms with Crippen molar-refractivity contribution < 1.29 is 14.3 Å². The fourth-order valence-electron chi connectivity index (χ4n) is 9.67. The van der Waals surface area contributed by atoms with Gasteiger partial charge in [0.2, 0.25) is 5.91 Å². The molecule has 9 atom stereocenters. The lowest BCUT2D eigenvalue weighted by atomic mass is 9.43. The second-order valence-corrected chi connectivity index (χ2v) is 13.0. The van der Waals surface area contributed by atoms with Crippen LogP contribution in [0.1, 0.15) is 96.0 Å². The first kappa shape index (κ1) is 23.7. The Kier molecular flexibility index (Phi) is 5.72. The smallest absolute Gasteiger partial charge is 0.335 e. The molecule has 6 rings (SSSR count). The Balaban J connectivity index is 1.19. The maximum absolute atomic E-state index is 12.7. The normalized spacial score (nSPS) is 46.9. The fourth-order valence-corrected chi connectivity index (χ4v) is 9.67. The molecule has 4 aliphatic carbocycles. The van der Waals surface area contributed by atoms with Crippen molar-refractivity contribution in [2.24, 2.45) is 28.6 Å². The molecule has 3 N–H and O–H groups in total. The van der Waals surface area contributed by atoms with Crippen LogP contribution in [0.25, 0.3) is 0 Å². The molecule has 6 heteroatoms. The molecule has 192 valence electrons. The van der Waals surface area contributed by atoms with E-state index in [4.69, 9.17) is 4.42 Å². The molecule has 4 saturated carbocycles. The van der Waals surface area contributed by atoms with Crippen LogP contribution in [-0.2, 0) is 4.79 Å². The van der Waals surface area contributed by atoms with Gasteiger partial charge in [0, 0.05) is 17.5 Å². The van der Waals surface area contributed by atoms with Crippen molar-refractivity contribution in [3.63, 3.8) is 0 Å². The molecule has 2 heterocycles.